The number of carbonyl (C=O) groups is 1. The number of aromatic nitrogens is 2. The first-order valence-electron chi connectivity index (χ1n) is 12.1. The lowest BCUT2D eigenvalue weighted by Gasteiger charge is -2.37. The van der Waals surface area contributed by atoms with Gasteiger partial charge in [0.25, 0.3) is 0 Å². The predicted octanol–water partition coefficient (Wildman–Crippen LogP) is 4.40. The molecule has 2 aliphatic rings. The van der Waals surface area contributed by atoms with Gasteiger partial charge >= 0.3 is 6.18 Å². The topological polar surface area (TPSA) is 59.4 Å². The third-order valence-corrected chi connectivity index (χ3v) is 6.87. The number of benzene rings is 1. The van der Waals surface area contributed by atoms with Gasteiger partial charge in [0.2, 0.25) is 5.91 Å². The van der Waals surface area contributed by atoms with E-state index < -0.39 is 11.7 Å². The van der Waals surface area contributed by atoms with Crippen LogP contribution < -0.4 is 10.1 Å². The number of hydrogen-bond donors (Lipinski definition) is 1. The molecule has 1 saturated carbocycles. The molecule has 4 rings (SSSR count). The van der Waals surface area contributed by atoms with E-state index in [1.807, 2.05) is 17.8 Å². The number of aryl methyl sites for hydroxylation is 1. The smallest absolute Gasteiger partial charge is 0.416 e. The minimum atomic E-state index is -4.41. The molecule has 1 aromatic carbocycles. The zero-order valence-electron chi connectivity index (χ0n) is 19.6. The first-order chi connectivity index (χ1) is 16.3. The molecule has 0 spiro atoms. The Hall–Kier alpha value is -2.55. The van der Waals surface area contributed by atoms with Crippen LogP contribution in [0.5, 0.6) is 5.75 Å². The largest absolute Gasteiger partial charge is 0.493 e. The van der Waals surface area contributed by atoms with E-state index in [1.165, 1.54) is 18.6 Å². The van der Waals surface area contributed by atoms with E-state index in [0.717, 1.165) is 43.6 Å². The van der Waals surface area contributed by atoms with Crippen LogP contribution in [0.25, 0.3) is 0 Å². The summed E-state index contributed by atoms with van der Waals surface area (Å²) in [6, 6.07) is 5.20. The maximum Gasteiger partial charge on any atom is 0.416 e. The second-order valence-corrected chi connectivity index (χ2v) is 9.63. The van der Waals surface area contributed by atoms with E-state index in [2.05, 4.69) is 15.2 Å². The average Bonchev–Trinajstić information content (AvgIpc) is 3.22. The highest BCUT2D eigenvalue weighted by Crippen LogP contribution is 2.32. The number of amides is 1. The molecule has 6 nitrogen and oxygen atoms in total. The van der Waals surface area contributed by atoms with Gasteiger partial charge in [0, 0.05) is 44.5 Å². The van der Waals surface area contributed by atoms with E-state index in [0.29, 0.717) is 26.1 Å². The van der Waals surface area contributed by atoms with Crippen molar-refractivity contribution in [1.29, 1.82) is 0 Å². The van der Waals surface area contributed by atoms with Gasteiger partial charge in [0.05, 0.1) is 24.6 Å². The maximum absolute atomic E-state index is 13.1. The molecular weight excluding hydrogens is 445 g/mol. The molecule has 0 radical (unpaired) electrons. The summed E-state index contributed by atoms with van der Waals surface area (Å²) >= 11 is 0. The third-order valence-electron chi connectivity index (χ3n) is 6.87. The minimum absolute atomic E-state index is 0.0191. The van der Waals surface area contributed by atoms with Crippen LogP contribution in [0, 0.1) is 11.8 Å². The fourth-order valence-electron chi connectivity index (χ4n) is 5.03. The van der Waals surface area contributed by atoms with Crippen molar-refractivity contribution >= 4 is 5.91 Å². The van der Waals surface area contributed by atoms with Crippen LogP contribution in [0.15, 0.2) is 36.7 Å². The highest BCUT2D eigenvalue weighted by molar-refractivity contribution is 5.79. The quantitative estimate of drug-likeness (QED) is 0.641. The number of nitrogens with one attached hydrogen (secondary N) is 1. The number of piperidine rings is 1. The molecule has 0 unspecified atom stereocenters. The zero-order chi connectivity index (χ0) is 24.1. The Morgan fingerprint density at radius 1 is 1.21 bits per heavy atom. The fourth-order valence-corrected chi connectivity index (χ4v) is 5.03. The predicted molar refractivity (Wildman–Crippen MR) is 122 cm³/mol. The molecular formula is C25H33F3N4O2. The van der Waals surface area contributed by atoms with Gasteiger partial charge < -0.3 is 14.6 Å². The SMILES string of the molecule is Cn1ccnc1CN1C[C@@H](COc2cccc(C(F)(F)F)c2)C[C@@H](C(=O)NC2CCCCC2)C1. The van der Waals surface area contributed by atoms with Gasteiger partial charge in [-0.05, 0) is 37.5 Å². The first-order valence-corrected chi connectivity index (χ1v) is 12.1. The van der Waals surface area contributed by atoms with Crippen molar-refractivity contribution in [3.8, 4) is 5.75 Å². The Labute approximate surface area is 198 Å². The van der Waals surface area contributed by atoms with Gasteiger partial charge in [0.15, 0.2) is 0 Å². The molecule has 186 valence electrons. The summed E-state index contributed by atoms with van der Waals surface area (Å²) < 4.78 is 46.9. The highest BCUT2D eigenvalue weighted by Gasteiger charge is 2.34. The lowest BCUT2D eigenvalue weighted by atomic mass is 9.88. The lowest BCUT2D eigenvalue weighted by molar-refractivity contribution is -0.137. The summed E-state index contributed by atoms with van der Waals surface area (Å²) in [6.45, 7) is 2.19. The second-order valence-electron chi connectivity index (χ2n) is 9.63. The number of hydrogen-bond acceptors (Lipinski definition) is 4. The van der Waals surface area contributed by atoms with Crippen molar-refractivity contribution in [2.75, 3.05) is 19.7 Å². The maximum atomic E-state index is 13.1. The monoisotopic (exact) mass is 478 g/mol. The number of carbonyl (C=O) groups excluding carboxylic acids is 1. The van der Waals surface area contributed by atoms with Crippen molar-refractivity contribution in [1.82, 2.24) is 19.8 Å². The van der Waals surface area contributed by atoms with Crippen LogP contribution in [0.2, 0.25) is 0 Å². The molecule has 9 heteroatoms. The van der Waals surface area contributed by atoms with Gasteiger partial charge in [-0.1, -0.05) is 25.3 Å². The third kappa shape index (κ3) is 6.52. The Morgan fingerprint density at radius 3 is 2.71 bits per heavy atom. The van der Waals surface area contributed by atoms with E-state index in [9.17, 15) is 18.0 Å². The second kappa shape index (κ2) is 10.8. The first kappa shape index (κ1) is 24.6. The van der Waals surface area contributed by atoms with E-state index >= 15 is 0 Å². The van der Waals surface area contributed by atoms with Gasteiger partial charge in [-0.25, -0.2) is 4.98 Å². The van der Waals surface area contributed by atoms with Crippen LogP contribution in [-0.4, -0.2) is 46.1 Å². The van der Waals surface area contributed by atoms with Crippen LogP contribution >= 0.6 is 0 Å². The number of likely N-dealkylation sites (tertiary alicyclic amines) is 1. The van der Waals surface area contributed by atoms with Crippen LogP contribution in [0.3, 0.4) is 0 Å². The molecule has 2 heterocycles. The number of alkyl halides is 3. The summed E-state index contributed by atoms with van der Waals surface area (Å²) in [5.41, 5.74) is -0.727. The number of halogens is 3. The Morgan fingerprint density at radius 2 is 2.00 bits per heavy atom. The highest BCUT2D eigenvalue weighted by atomic mass is 19.4. The van der Waals surface area contributed by atoms with Crippen LogP contribution in [0.1, 0.15) is 49.9 Å². The van der Waals surface area contributed by atoms with Gasteiger partial charge in [-0.2, -0.15) is 13.2 Å². The van der Waals surface area contributed by atoms with E-state index in [1.54, 1.807) is 6.20 Å². The summed E-state index contributed by atoms with van der Waals surface area (Å²) in [4.78, 5) is 19.7. The zero-order valence-corrected chi connectivity index (χ0v) is 19.6. The summed E-state index contributed by atoms with van der Waals surface area (Å²) in [6.07, 6.45) is 5.45. The number of imidazole rings is 1. The molecule has 2 atom stereocenters. The van der Waals surface area contributed by atoms with Gasteiger partial charge in [-0.3, -0.25) is 9.69 Å². The van der Waals surface area contributed by atoms with Crippen molar-refractivity contribution < 1.29 is 22.7 Å². The van der Waals surface area contributed by atoms with Gasteiger partial charge in [-0.15, -0.1) is 0 Å². The van der Waals surface area contributed by atoms with Gasteiger partial charge in [0.1, 0.15) is 11.6 Å². The molecule has 1 N–H and O–H groups in total. The summed E-state index contributed by atoms with van der Waals surface area (Å²) in [7, 11) is 1.94. The minimum Gasteiger partial charge on any atom is -0.493 e. The number of nitrogens with zero attached hydrogens (tertiary/aromatic N) is 3. The molecule has 1 aromatic heterocycles. The normalized spacial score (nSPS) is 22.5. The van der Waals surface area contributed by atoms with Crippen molar-refractivity contribution in [3.05, 3.63) is 48.0 Å². The molecule has 34 heavy (non-hydrogen) atoms. The molecule has 1 saturated heterocycles. The standard InChI is InChI=1S/C25H33F3N4O2/c1-31-11-10-29-23(31)16-32-14-18(17-34-22-9-5-6-20(13-22)25(26,27)28)12-19(15-32)24(33)30-21-7-3-2-4-8-21/h5-6,9-11,13,18-19,21H,2-4,7-8,12,14-17H2,1H3,(H,30,33)/t18-,19+/m0/s1. The number of ether oxygens (including phenoxy) is 1. The van der Waals surface area contributed by atoms with Crippen LogP contribution in [-0.2, 0) is 24.6 Å². The molecule has 2 fully saturated rings. The van der Waals surface area contributed by atoms with E-state index in [-0.39, 0.29) is 36.1 Å². The lowest BCUT2D eigenvalue weighted by Crippen LogP contribution is -2.49. The van der Waals surface area contributed by atoms with E-state index in [4.69, 9.17) is 4.74 Å². The number of rotatable bonds is 7. The average molecular weight is 479 g/mol. The molecule has 0 bridgehead atoms. The molecule has 2 aromatic rings. The fraction of sp³-hybridized carbons (Fsp3) is 0.600. The molecule has 1 aliphatic heterocycles. The van der Waals surface area contributed by atoms with Crippen molar-refractivity contribution in [2.45, 2.75) is 57.3 Å². The Balaban J connectivity index is 1.42. The van der Waals surface area contributed by atoms with Crippen molar-refractivity contribution in [2.24, 2.45) is 18.9 Å². The Kier molecular flexibility index (Phi) is 7.80. The van der Waals surface area contributed by atoms with Crippen LogP contribution in [0.4, 0.5) is 13.2 Å². The molecule has 1 aliphatic carbocycles. The van der Waals surface area contributed by atoms with Crippen molar-refractivity contribution in [3.63, 3.8) is 0 Å². The molecule has 1 amide bonds. The Bertz CT molecular complexity index is 956. The summed E-state index contributed by atoms with van der Waals surface area (Å²) in [5.74, 6) is 1.00. The summed E-state index contributed by atoms with van der Waals surface area (Å²) in [5, 5.41) is 3.25.